The van der Waals surface area contributed by atoms with E-state index in [2.05, 4.69) is 5.16 Å². The molecule has 0 spiro atoms. The van der Waals surface area contributed by atoms with Crippen LogP contribution in [0.3, 0.4) is 0 Å². The summed E-state index contributed by atoms with van der Waals surface area (Å²) in [6.45, 7) is 0.920. The van der Waals surface area contributed by atoms with Crippen LogP contribution in [-0.2, 0) is 16.2 Å². The summed E-state index contributed by atoms with van der Waals surface area (Å²) in [7, 11) is 1.63. The molecule has 1 saturated carbocycles. The minimum Gasteiger partial charge on any atom is -0.497 e. The molecule has 1 atom stereocenters. The third-order valence-corrected chi connectivity index (χ3v) is 5.11. The van der Waals surface area contributed by atoms with Crippen molar-refractivity contribution in [3.8, 4) is 5.75 Å². The number of hydrogen-bond acceptors (Lipinski definition) is 4. The lowest BCUT2D eigenvalue weighted by atomic mass is 10.0. The lowest BCUT2D eigenvalue weighted by Gasteiger charge is -2.25. The summed E-state index contributed by atoms with van der Waals surface area (Å²) < 4.78 is 18.4. The fourth-order valence-corrected chi connectivity index (χ4v) is 3.36. The Kier molecular flexibility index (Phi) is 5.28. The van der Waals surface area contributed by atoms with Crippen LogP contribution in [0.2, 0.25) is 0 Å². The zero-order valence-corrected chi connectivity index (χ0v) is 15.8. The predicted molar refractivity (Wildman–Crippen MR) is 104 cm³/mol. The van der Waals surface area contributed by atoms with Gasteiger partial charge in [0.2, 0.25) is 5.91 Å². The average Bonchev–Trinajstić information content (AvgIpc) is 3.47. The van der Waals surface area contributed by atoms with Crippen LogP contribution in [0.4, 0.5) is 4.39 Å². The number of benzene rings is 2. The summed E-state index contributed by atoms with van der Waals surface area (Å²) in [6, 6.07) is 14.0. The Morgan fingerprint density at radius 1 is 1.18 bits per heavy atom. The van der Waals surface area contributed by atoms with Gasteiger partial charge in [-0.3, -0.25) is 4.79 Å². The molecular weight excluding hydrogens is 359 g/mol. The van der Waals surface area contributed by atoms with Crippen LogP contribution in [-0.4, -0.2) is 36.3 Å². The number of halogens is 1. The lowest BCUT2D eigenvalue weighted by Crippen LogP contribution is -2.38. The number of hydrogen-bond donors (Lipinski definition) is 0. The molecule has 2 aromatic rings. The molecule has 1 heterocycles. The van der Waals surface area contributed by atoms with Crippen molar-refractivity contribution in [1.82, 2.24) is 4.90 Å². The monoisotopic (exact) mass is 382 g/mol. The van der Waals surface area contributed by atoms with Gasteiger partial charge in [0.05, 0.1) is 19.4 Å². The third-order valence-electron chi connectivity index (χ3n) is 5.11. The van der Waals surface area contributed by atoms with Crippen molar-refractivity contribution < 1.29 is 18.8 Å². The highest BCUT2D eigenvalue weighted by Gasteiger charge is 2.35. The van der Waals surface area contributed by atoms with E-state index in [4.69, 9.17) is 9.57 Å². The summed E-state index contributed by atoms with van der Waals surface area (Å²) in [5, 5.41) is 4.22. The molecule has 1 amide bonds. The molecule has 0 unspecified atom stereocenters. The second kappa shape index (κ2) is 8.00. The van der Waals surface area contributed by atoms with E-state index in [9.17, 15) is 9.18 Å². The Morgan fingerprint density at radius 3 is 2.54 bits per heavy atom. The molecule has 6 heteroatoms. The highest BCUT2D eigenvalue weighted by molar-refractivity contribution is 6.01. The Morgan fingerprint density at radius 2 is 1.89 bits per heavy atom. The largest absolute Gasteiger partial charge is 0.497 e. The normalized spacial score (nSPS) is 18.4. The molecular formula is C22H23FN2O3. The van der Waals surface area contributed by atoms with Gasteiger partial charge in [-0.2, -0.15) is 0 Å². The van der Waals surface area contributed by atoms with Crippen molar-refractivity contribution in [1.29, 1.82) is 0 Å². The first-order valence-electron chi connectivity index (χ1n) is 9.52. The average molecular weight is 382 g/mol. The number of nitrogens with zero attached hydrogens (tertiary/aromatic N) is 2. The summed E-state index contributed by atoms with van der Waals surface area (Å²) >= 11 is 0. The van der Waals surface area contributed by atoms with Crippen LogP contribution in [0.15, 0.2) is 53.7 Å². The first-order valence-corrected chi connectivity index (χ1v) is 9.52. The van der Waals surface area contributed by atoms with Crippen molar-refractivity contribution in [2.75, 3.05) is 13.7 Å². The van der Waals surface area contributed by atoms with E-state index in [1.807, 2.05) is 29.2 Å². The smallest absolute Gasteiger partial charge is 0.226 e. The molecule has 0 saturated heterocycles. The SMILES string of the molecule is COc1ccc(C2=NO[C@@H](CN(Cc3ccc(F)cc3)C(=O)C3CC3)C2)cc1. The van der Waals surface area contributed by atoms with Gasteiger partial charge in [0.15, 0.2) is 6.10 Å². The van der Waals surface area contributed by atoms with E-state index in [-0.39, 0.29) is 23.7 Å². The molecule has 28 heavy (non-hydrogen) atoms. The highest BCUT2D eigenvalue weighted by Crippen LogP contribution is 2.32. The topological polar surface area (TPSA) is 51.1 Å². The standard InChI is InChI=1S/C22H23FN2O3/c1-27-19-10-6-16(7-11-19)21-12-20(28-24-21)14-25(22(26)17-4-5-17)13-15-2-8-18(23)9-3-15/h2-3,6-11,17,20H,4-5,12-14H2,1H3/t20-/m1/s1. The molecule has 4 rings (SSSR count). The van der Waals surface area contributed by atoms with Gasteiger partial charge in [0, 0.05) is 18.9 Å². The molecule has 2 aromatic carbocycles. The Bertz CT molecular complexity index is 860. The van der Waals surface area contributed by atoms with Gasteiger partial charge in [0.1, 0.15) is 11.6 Å². The van der Waals surface area contributed by atoms with E-state index in [0.29, 0.717) is 19.5 Å². The highest BCUT2D eigenvalue weighted by atomic mass is 19.1. The number of carbonyl (C=O) groups is 1. The number of methoxy groups -OCH3 is 1. The van der Waals surface area contributed by atoms with Crippen molar-refractivity contribution in [2.24, 2.45) is 11.1 Å². The van der Waals surface area contributed by atoms with Gasteiger partial charge in [0.25, 0.3) is 0 Å². The van der Waals surface area contributed by atoms with E-state index < -0.39 is 0 Å². The fourth-order valence-electron chi connectivity index (χ4n) is 3.36. The van der Waals surface area contributed by atoms with Gasteiger partial charge in [-0.05, 0) is 60.4 Å². The molecule has 2 aliphatic rings. The minimum absolute atomic E-state index is 0.115. The summed E-state index contributed by atoms with van der Waals surface area (Å²) in [6.07, 6.45) is 2.35. The number of ether oxygens (including phenoxy) is 1. The van der Waals surface area contributed by atoms with Crippen molar-refractivity contribution in [2.45, 2.75) is 31.9 Å². The first kappa shape index (κ1) is 18.5. The number of oxime groups is 1. The summed E-state index contributed by atoms with van der Waals surface area (Å²) in [5.41, 5.74) is 2.76. The summed E-state index contributed by atoms with van der Waals surface area (Å²) in [4.78, 5) is 20.2. The maximum absolute atomic E-state index is 13.2. The second-order valence-electron chi connectivity index (χ2n) is 7.32. The van der Waals surface area contributed by atoms with E-state index in [1.165, 1.54) is 12.1 Å². The van der Waals surface area contributed by atoms with Gasteiger partial charge in [-0.1, -0.05) is 17.3 Å². The number of carbonyl (C=O) groups excluding carboxylic acids is 1. The maximum atomic E-state index is 13.2. The molecule has 1 aliphatic heterocycles. The molecule has 5 nitrogen and oxygen atoms in total. The second-order valence-corrected chi connectivity index (χ2v) is 7.32. The minimum atomic E-state index is -0.277. The van der Waals surface area contributed by atoms with Crippen molar-refractivity contribution >= 4 is 11.6 Å². The zero-order valence-electron chi connectivity index (χ0n) is 15.8. The van der Waals surface area contributed by atoms with Crippen molar-refractivity contribution in [3.63, 3.8) is 0 Å². The van der Waals surface area contributed by atoms with Crippen LogP contribution in [0, 0.1) is 11.7 Å². The van der Waals surface area contributed by atoms with Gasteiger partial charge in [-0.15, -0.1) is 0 Å². The number of amides is 1. The van der Waals surface area contributed by atoms with Gasteiger partial charge < -0.3 is 14.5 Å². The van der Waals surface area contributed by atoms with E-state index in [0.717, 1.165) is 35.4 Å². The molecule has 1 aliphatic carbocycles. The molecule has 146 valence electrons. The Labute approximate surface area is 163 Å². The quantitative estimate of drug-likeness (QED) is 0.733. The molecule has 0 bridgehead atoms. The third kappa shape index (κ3) is 4.32. The first-order chi connectivity index (χ1) is 13.6. The van der Waals surface area contributed by atoms with Crippen LogP contribution in [0.25, 0.3) is 0 Å². The van der Waals surface area contributed by atoms with Gasteiger partial charge >= 0.3 is 0 Å². The number of rotatable bonds is 7. The summed E-state index contributed by atoms with van der Waals surface area (Å²) in [5.74, 6) is 0.774. The van der Waals surface area contributed by atoms with Crippen LogP contribution >= 0.6 is 0 Å². The molecule has 0 N–H and O–H groups in total. The van der Waals surface area contributed by atoms with E-state index in [1.54, 1.807) is 19.2 Å². The molecule has 0 aromatic heterocycles. The van der Waals surface area contributed by atoms with Crippen molar-refractivity contribution in [3.05, 3.63) is 65.5 Å². The van der Waals surface area contributed by atoms with Crippen LogP contribution in [0.1, 0.15) is 30.4 Å². The predicted octanol–water partition coefficient (Wildman–Crippen LogP) is 3.77. The Hall–Kier alpha value is -2.89. The maximum Gasteiger partial charge on any atom is 0.226 e. The van der Waals surface area contributed by atoms with E-state index >= 15 is 0 Å². The Balaban J connectivity index is 1.41. The van der Waals surface area contributed by atoms with Gasteiger partial charge in [-0.25, -0.2) is 4.39 Å². The lowest BCUT2D eigenvalue weighted by molar-refractivity contribution is -0.135. The fraction of sp³-hybridized carbons (Fsp3) is 0.364. The molecule has 0 radical (unpaired) electrons. The molecule has 1 fully saturated rings. The van der Waals surface area contributed by atoms with Crippen LogP contribution < -0.4 is 4.74 Å². The van der Waals surface area contributed by atoms with Crippen LogP contribution in [0.5, 0.6) is 5.75 Å². The zero-order chi connectivity index (χ0) is 19.5.